The van der Waals surface area contributed by atoms with Crippen molar-refractivity contribution >= 4 is 39.6 Å². The molecule has 3 heterocycles. The zero-order chi connectivity index (χ0) is 34.5. The van der Waals surface area contributed by atoms with Crippen LogP contribution in [0.4, 0.5) is 0 Å². The number of amides is 3. The van der Waals surface area contributed by atoms with E-state index >= 15 is 0 Å². The van der Waals surface area contributed by atoms with Crippen LogP contribution in [0.5, 0.6) is 0 Å². The standard InChI is InChI=1S/C35H48BrN3O8/c1-7-10-16-26(41)37-25(20-45-6)29(22-14-12-11-13-15-22)46-34(44)27-28-32(42)39(23(9-3)19-40)31(33(43)38(17-8-2)21(4)5)35(28)18-24(36)30(27)47-35/h7-8,11-15,21,23-25,27-31,40H,1-2,9-10,16-20H2,3-6H3,(H,37,41)/t23-,24?,25-,27+,28-,29-,30+,31+,35-/m0/s1. The molecule has 1 spiro atoms. The van der Waals surface area contributed by atoms with Crippen LogP contribution in [0.15, 0.2) is 55.6 Å². The minimum atomic E-state index is -1.32. The highest BCUT2D eigenvalue weighted by atomic mass is 79.9. The van der Waals surface area contributed by atoms with Gasteiger partial charge >= 0.3 is 5.97 Å². The molecule has 0 radical (unpaired) electrons. The van der Waals surface area contributed by atoms with Gasteiger partial charge in [0.1, 0.15) is 17.7 Å². The van der Waals surface area contributed by atoms with Crippen molar-refractivity contribution < 1.29 is 38.5 Å². The van der Waals surface area contributed by atoms with Gasteiger partial charge in [0, 0.05) is 30.9 Å². The summed E-state index contributed by atoms with van der Waals surface area (Å²) in [7, 11) is 1.50. The maximum absolute atomic E-state index is 14.5. The first-order valence-corrected chi connectivity index (χ1v) is 17.2. The third-order valence-corrected chi connectivity index (χ3v) is 10.4. The van der Waals surface area contributed by atoms with Crippen LogP contribution in [0.3, 0.4) is 0 Å². The second-order valence-electron chi connectivity index (χ2n) is 12.8. The zero-order valence-corrected chi connectivity index (χ0v) is 29.3. The Morgan fingerprint density at radius 3 is 2.51 bits per heavy atom. The molecule has 3 aliphatic rings. The van der Waals surface area contributed by atoms with Crippen molar-refractivity contribution in [3.63, 3.8) is 0 Å². The average molecular weight is 719 g/mol. The average Bonchev–Trinajstić information content (AvgIpc) is 3.65. The van der Waals surface area contributed by atoms with Gasteiger partial charge in [-0.2, -0.15) is 0 Å². The van der Waals surface area contributed by atoms with E-state index in [-0.39, 0.29) is 48.9 Å². The molecule has 0 aromatic heterocycles. The Kier molecular flexibility index (Phi) is 12.4. The van der Waals surface area contributed by atoms with Gasteiger partial charge in [0.15, 0.2) is 0 Å². The van der Waals surface area contributed by atoms with Gasteiger partial charge in [-0.1, -0.05) is 65.3 Å². The number of halogens is 1. The number of aliphatic hydroxyl groups is 1. The summed E-state index contributed by atoms with van der Waals surface area (Å²) in [5.74, 6) is -3.72. The number of allylic oxidation sites excluding steroid dienone is 1. The summed E-state index contributed by atoms with van der Waals surface area (Å²) < 4.78 is 18.4. The number of methoxy groups -OCH3 is 1. The largest absolute Gasteiger partial charge is 0.455 e. The van der Waals surface area contributed by atoms with Gasteiger partial charge in [-0.3, -0.25) is 19.2 Å². The zero-order valence-electron chi connectivity index (χ0n) is 27.7. The molecule has 11 nitrogen and oxygen atoms in total. The molecule has 4 rings (SSSR count). The number of esters is 1. The third-order valence-electron chi connectivity index (χ3n) is 9.55. The molecule has 3 saturated heterocycles. The monoisotopic (exact) mass is 717 g/mol. The summed E-state index contributed by atoms with van der Waals surface area (Å²) in [5.41, 5.74) is -0.683. The van der Waals surface area contributed by atoms with Crippen LogP contribution in [0.25, 0.3) is 0 Å². The topological polar surface area (TPSA) is 135 Å². The van der Waals surface area contributed by atoms with Gasteiger partial charge < -0.3 is 34.4 Å². The van der Waals surface area contributed by atoms with Crippen LogP contribution in [0.2, 0.25) is 0 Å². The summed E-state index contributed by atoms with van der Waals surface area (Å²) >= 11 is 3.70. The number of carbonyl (C=O) groups excluding carboxylic acids is 4. The number of hydrogen-bond acceptors (Lipinski definition) is 8. The predicted octanol–water partition coefficient (Wildman–Crippen LogP) is 3.31. The molecular formula is C35H48BrN3O8. The van der Waals surface area contributed by atoms with Gasteiger partial charge in [0.25, 0.3) is 0 Å². The first-order valence-electron chi connectivity index (χ1n) is 16.3. The smallest absolute Gasteiger partial charge is 0.313 e. The Labute approximate surface area is 285 Å². The van der Waals surface area contributed by atoms with Crippen molar-refractivity contribution in [2.75, 3.05) is 26.9 Å². The highest BCUT2D eigenvalue weighted by Gasteiger charge is 2.77. The number of likely N-dealkylation sites (tertiary alicyclic amines) is 1. The number of benzene rings is 1. The Hall–Kier alpha value is -3.06. The molecule has 9 atom stereocenters. The van der Waals surface area contributed by atoms with E-state index in [2.05, 4.69) is 34.4 Å². The molecule has 1 aromatic rings. The number of alkyl halides is 1. The maximum Gasteiger partial charge on any atom is 0.313 e. The lowest BCUT2D eigenvalue weighted by Crippen LogP contribution is -2.60. The summed E-state index contributed by atoms with van der Waals surface area (Å²) in [5, 5.41) is 13.3. The highest BCUT2D eigenvalue weighted by Crippen LogP contribution is 2.61. The van der Waals surface area contributed by atoms with E-state index < -0.39 is 59.6 Å². The summed E-state index contributed by atoms with van der Waals surface area (Å²) in [6, 6.07) is 6.39. The normalized spacial score (nSPS) is 28.0. The van der Waals surface area contributed by atoms with Gasteiger partial charge in [-0.05, 0) is 38.7 Å². The van der Waals surface area contributed by atoms with Crippen molar-refractivity contribution in [1.82, 2.24) is 15.1 Å². The molecular weight excluding hydrogens is 670 g/mol. The molecule has 47 heavy (non-hydrogen) atoms. The lowest BCUT2D eigenvalue weighted by atomic mass is 9.70. The van der Waals surface area contributed by atoms with Crippen LogP contribution in [-0.2, 0) is 33.4 Å². The first-order chi connectivity index (χ1) is 22.5. The fourth-order valence-electron chi connectivity index (χ4n) is 7.40. The molecule has 3 fully saturated rings. The maximum atomic E-state index is 14.5. The van der Waals surface area contributed by atoms with Gasteiger partial charge in [-0.25, -0.2) is 0 Å². The van der Waals surface area contributed by atoms with E-state index in [0.717, 1.165) is 0 Å². The summed E-state index contributed by atoms with van der Waals surface area (Å²) in [6.45, 7) is 13.1. The molecule has 3 aliphatic heterocycles. The van der Waals surface area contributed by atoms with Crippen LogP contribution in [-0.4, -0.2) is 106 Å². The number of fused-ring (bicyclic) bond motifs is 1. The first kappa shape index (κ1) is 36.8. The van der Waals surface area contributed by atoms with Crippen molar-refractivity contribution in [2.45, 2.75) is 93.3 Å². The number of ether oxygens (including phenoxy) is 3. The van der Waals surface area contributed by atoms with Crippen molar-refractivity contribution in [3.8, 4) is 0 Å². The number of rotatable bonds is 17. The van der Waals surface area contributed by atoms with E-state index in [9.17, 15) is 24.3 Å². The van der Waals surface area contributed by atoms with Crippen molar-refractivity contribution in [1.29, 1.82) is 0 Å². The van der Waals surface area contributed by atoms with Crippen LogP contribution >= 0.6 is 15.9 Å². The third kappa shape index (κ3) is 7.06. The molecule has 3 amide bonds. The lowest BCUT2D eigenvalue weighted by molar-refractivity contribution is -0.163. The molecule has 1 aromatic carbocycles. The van der Waals surface area contributed by atoms with E-state index in [1.54, 1.807) is 29.2 Å². The Balaban J connectivity index is 1.75. The number of nitrogens with zero attached hydrogens (tertiary/aromatic N) is 2. The second kappa shape index (κ2) is 15.9. The summed E-state index contributed by atoms with van der Waals surface area (Å²) in [6.07, 6.45) is 2.99. The lowest BCUT2D eigenvalue weighted by Gasteiger charge is -2.40. The van der Waals surface area contributed by atoms with Gasteiger partial charge in [-0.15, -0.1) is 13.2 Å². The van der Waals surface area contributed by atoms with E-state index in [4.69, 9.17) is 14.2 Å². The molecule has 2 bridgehead atoms. The molecule has 2 N–H and O–H groups in total. The molecule has 0 aliphatic carbocycles. The minimum Gasteiger partial charge on any atom is -0.455 e. The predicted molar refractivity (Wildman–Crippen MR) is 179 cm³/mol. The second-order valence-corrected chi connectivity index (χ2v) is 13.9. The van der Waals surface area contributed by atoms with Gasteiger partial charge in [0.2, 0.25) is 17.7 Å². The number of aliphatic hydroxyl groups excluding tert-OH is 1. The van der Waals surface area contributed by atoms with E-state index in [1.807, 2.05) is 39.0 Å². The SMILES string of the molecule is C=CCCC(=O)N[C@@H](COC)[C@@H](OC(=O)[C@H]1[C@@H]2O[C@@]3(CC2Br)[C@@H]1C(=O)N([C@@H](CC)CO)[C@@H]3C(=O)N(CC=C)C(C)C)c1ccccc1. The van der Waals surface area contributed by atoms with Crippen molar-refractivity contribution in [3.05, 3.63) is 61.2 Å². The quantitative estimate of drug-likeness (QED) is 0.143. The summed E-state index contributed by atoms with van der Waals surface area (Å²) in [4.78, 5) is 58.9. The Morgan fingerprint density at radius 1 is 1.23 bits per heavy atom. The fourth-order valence-corrected chi connectivity index (χ4v) is 8.34. The van der Waals surface area contributed by atoms with E-state index in [1.165, 1.54) is 12.0 Å². The Bertz CT molecular complexity index is 1310. The van der Waals surface area contributed by atoms with Gasteiger partial charge in [0.05, 0.1) is 43.2 Å². The minimum absolute atomic E-state index is 0.0536. The van der Waals surface area contributed by atoms with Crippen LogP contribution in [0.1, 0.15) is 58.1 Å². The number of carbonyl (C=O) groups is 4. The Morgan fingerprint density at radius 2 is 1.94 bits per heavy atom. The van der Waals surface area contributed by atoms with Crippen LogP contribution < -0.4 is 5.32 Å². The molecule has 1 unspecified atom stereocenters. The molecule has 258 valence electrons. The number of nitrogens with one attached hydrogen (secondary N) is 1. The van der Waals surface area contributed by atoms with Crippen molar-refractivity contribution in [2.24, 2.45) is 11.8 Å². The molecule has 0 saturated carbocycles. The van der Waals surface area contributed by atoms with E-state index in [0.29, 0.717) is 24.8 Å². The van der Waals surface area contributed by atoms with Crippen LogP contribution in [0, 0.1) is 11.8 Å². The number of hydrogen-bond donors (Lipinski definition) is 2. The highest BCUT2D eigenvalue weighted by molar-refractivity contribution is 9.09. The molecule has 12 heteroatoms. The fraction of sp³-hybridized carbons (Fsp3) is 0.600.